The van der Waals surface area contributed by atoms with Crippen molar-refractivity contribution in [3.8, 4) is 0 Å². The summed E-state index contributed by atoms with van der Waals surface area (Å²) in [5.41, 5.74) is 1.16. The molecule has 0 spiro atoms. The van der Waals surface area contributed by atoms with Crippen LogP contribution >= 0.6 is 0 Å². The molecule has 0 aliphatic heterocycles. The molecular weight excluding hydrogens is 308 g/mol. The number of aryl methyl sites for hydroxylation is 1. The Bertz CT molecular complexity index is 759. The molecule has 2 aromatic rings. The van der Waals surface area contributed by atoms with Crippen LogP contribution in [0.15, 0.2) is 17.1 Å². The average molecular weight is 334 g/mol. The number of amides is 1. The number of hydrogen-bond acceptors (Lipinski definition) is 4. The van der Waals surface area contributed by atoms with Crippen LogP contribution < -0.4 is 10.9 Å². The normalized spacial score (nSPS) is 11.8. The van der Waals surface area contributed by atoms with Crippen molar-refractivity contribution >= 4 is 11.6 Å². The van der Waals surface area contributed by atoms with E-state index >= 15 is 0 Å². The first-order chi connectivity index (χ1) is 11.5. The van der Waals surface area contributed by atoms with Crippen molar-refractivity contribution in [1.82, 2.24) is 19.9 Å². The highest BCUT2D eigenvalue weighted by Gasteiger charge is 2.26. The van der Waals surface area contributed by atoms with Crippen LogP contribution in [0.5, 0.6) is 0 Å². The zero-order valence-corrected chi connectivity index (χ0v) is 14.6. The number of H-pyrrole nitrogens is 1. The lowest BCUT2D eigenvalue weighted by molar-refractivity contribution is -0.121. The maximum atomic E-state index is 12.4. The molecule has 2 heterocycles. The van der Waals surface area contributed by atoms with Crippen molar-refractivity contribution in [3.63, 3.8) is 0 Å². The number of rotatable bonds is 8. The van der Waals surface area contributed by atoms with Gasteiger partial charge in [0, 0.05) is 36.7 Å². The summed E-state index contributed by atoms with van der Waals surface area (Å²) in [6.45, 7) is 6.46. The number of carbonyl (C=O) groups excluding carboxylic acids is 1. The number of nitrogens with zero attached hydrogens (tertiary/aromatic N) is 2. The highest BCUT2D eigenvalue weighted by atomic mass is 16.3. The van der Waals surface area contributed by atoms with Gasteiger partial charge < -0.3 is 10.4 Å². The number of aliphatic hydroxyl groups excluding tert-OH is 1. The molecule has 0 fully saturated rings. The first kappa shape index (κ1) is 18.2. The van der Waals surface area contributed by atoms with Crippen molar-refractivity contribution in [2.75, 3.05) is 13.2 Å². The SMILES string of the molecule is CCC(CC)(CCO)CNC(=O)Cc1c(C)nc2cc[nH]n2c1=O. The third-order valence-electron chi connectivity index (χ3n) is 4.99. The Morgan fingerprint density at radius 2 is 2.12 bits per heavy atom. The van der Waals surface area contributed by atoms with Gasteiger partial charge >= 0.3 is 0 Å². The van der Waals surface area contributed by atoms with E-state index < -0.39 is 0 Å². The number of carbonyl (C=O) groups is 1. The smallest absolute Gasteiger partial charge is 0.276 e. The van der Waals surface area contributed by atoms with Gasteiger partial charge in [-0.15, -0.1) is 0 Å². The summed E-state index contributed by atoms with van der Waals surface area (Å²) in [6, 6.07) is 1.71. The van der Waals surface area contributed by atoms with Crippen molar-refractivity contribution in [1.29, 1.82) is 0 Å². The van der Waals surface area contributed by atoms with Gasteiger partial charge in [0.05, 0.1) is 6.42 Å². The van der Waals surface area contributed by atoms with Crippen LogP contribution in [0, 0.1) is 12.3 Å². The minimum Gasteiger partial charge on any atom is -0.396 e. The van der Waals surface area contributed by atoms with Crippen LogP contribution in [-0.4, -0.2) is 38.8 Å². The molecule has 2 aromatic heterocycles. The Morgan fingerprint density at radius 1 is 1.42 bits per heavy atom. The Labute approximate surface area is 141 Å². The van der Waals surface area contributed by atoms with Gasteiger partial charge in [-0.1, -0.05) is 13.8 Å². The maximum absolute atomic E-state index is 12.4. The van der Waals surface area contributed by atoms with Crippen LogP contribution in [0.25, 0.3) is 5.65 Å². The molecule has 0 aliphatic carbocycles. The molecule has 0 saturated carbocycles. The lowest BCUT2D eigenvalue weighted by Gasteiger charge is -2.31. The van der Waals surface area contributed by atoms with Crippen LogP contribution in [0.2, 0.25) is 0 Å². The van der Waals surface area contributed by atoms with E-state index in [1.165, 1.54) is 4.52 Å². The number of aromatic amines is 1. The first-order valence-electron chi connectivity index (χ1n) is 8.39. The van der Waals surface area contributed by atoms with Gasteiger partial charge in [0.1, 0.15) is 0 Å². The summed E-state index contributed by atoms with van der Waals surface area (Å²) in [4.78, 5) is 29.1. The monoisotopic (exact) mass is 334 g/mol. The van der Waals surface area contributed by atoms with Gasteiger partial charge in [-0.25, -0.2) is 9.50 Å². The predicted molar refractivity (Wildman–Crippen MR) is 92.0 cm³/mol. The van der Waals surface area contributed by atoms with E-state index in [-0.39, 0.29) is 29.9 Å². The zero-order valence-electron chi connectivity index (χ0n) is 14.6. The van der Waals surface area contributed by atoms with Gasteiger partial charge in [-0.2, -0.15) is 0 Å². The van der Waals surface area contributed by atoms with E-state index in [1.54, 1.807) is 19.2 Å². The van der Waals surface area contributed by atoms with Crippen LogP contribution in [-0.2, 0) is 11.2 Å². The van der Waals surface area contributed by atoms with Gasteiger partial charge in [-0.05, 0) is 31.6 Å². The fraction of sp³-hybridized carbons (Fsp3) is 0.588. The zero-order chi connectivity index (χ0) is 17.7. The lowest BCUT2D eigenvalue weighted by atomic mass is 9.79. The summed E-state index contributed by atoms with van der Waals surface area (Å²) in [5, 5.41) is 15.0. The number of aliphatic hydroxyl groups is 1. The predicted octanol–water partition coefficient (Wildman–Crippen LogP) is 1.18. The number of fused-ring (bicyclic) bond motifs is 1. The average Bonchev–Trinajstić information content (AvgIpc) is 3.04. The topological polar surface area (TPSA) is 99.5 Å². The van der Waals surface area contributed by atoms with Gasteiger partial charge in [0.15, 0.2) is 5.65 Å². The van der Waals surface area contributed by atoms with Crippen molar-refractivity contribution < 1.29 is 9.90 Å². The Morgan fingerprint density at radius 3 is 2.75 bits per heavy atom. The van der Waals surface area contributed by atoms with Crippen LogP contribution in [0.4, 0.5) is 0 Å². The van der Waals surface area contributed by atoms with E-state index in [4.69, 9.17) is 0 Å². The second kappa shape index (κ2) is 7.61. The van der Waals surface area contributed by atoms with E-state index in [2.05, 4.69) is 29.2 Å². The third-order valence-corrected chi connectivity index (χ3v) is 4.99. The molecule has 0 unspecified atom stereocenters. The minimum atomic E-state index is -0.245. The molecule has 7 heteroatoms. The highest BCUT2D eigenvalue weighted by molar-refractivity contribution is 5.78. The van der Waals surface area contributed by atoms with E-state index in [0.717, 1.165) is 12.8 Å². The molecule has 0 aliphatic rings. The molecule has 3 N–H and O–H groups in total. The summed E-state index contributed by atoms with van der Waals surface area (Å²) < 4.78 is 1.34. The standard InChI is InChI=1S/C17H26N4O3/c1-4-17(5-2,7-9-22)11-18-15(23)10-13-12(3)20-14-6-8-19-21(14)16(13)24/h6,8,19,22H,4-5,7,9-11H2,1-3H3,(H,18,23). The van der Waals surface area contributed by atoms with Gasteiger partial charge in [0.25, 0.3) is 5.56 Å². The molecule has 1 amide bonds. The Kier molecular flexibility index (Phi) is 5.77. The van der Waals surface area contributed by atoms with Gasteiger partial charge in [0.2, 0.25) is 5.91 Å². The molecule has 24 heavy (non-hydrogen) atoms. The summed E-state index contributed by atoms with van der Waals surface area (Å²) in [5.74, 6) is -0.201. The molecule has 132 valence electrons. The molecule has 0 bridgehead atoms. The molecule has 0 saturated heterocycles. The second-order valence-electron chi connectivity index (χ2n) is 6.27. The molecular formula is C17H26N4O3. The minimum absolute atomic E-state index is 0.00224. The number of hydrogen-bond donors (Lipinski definition) is 3. The van der Waals surface area contributed by atoms with E-state index in [0.29, 0.717) is 29.9 Å². The Hall–Kier alpha value is -2.15. The molecule has 7 nitrogen and oxygen atoms in total. The third kappa shape index (κ3) is 3.67. The maximum Gasteiger partial charge on any atom is 0.276 e. The van der Waals surface area contributed by atoms with Gasteiger partial charge in [-0.3, -0.25) is 14.7 Å². The lowest BCUT2D eigenvalue weighted by Crippen LogP contribution is -2.39. The molecule has 2 rings (SSSR count). The molecule has 0 radical (unpaired) electrons. The fourth-order valence-corrected chi connectivity index (χ4v) is 3.00. The van der Waals surface area contributed by atoms with Crippen LogP contribution in [0.3, 0.4) is 0 Å². The summed E-state index contributed by atoms with van der Waals surface area (Å²) in [6.07, 6.45) is 4.04. The van der Waals surface area contributed by atoms with Crippen molar-refractivity contribution in [2.45, 2.75) is 46.5 Å². The molecule has 0 aromatic carbocycles. The number of aromatic nitrogens is 3. The fourth-order valence-electron chi connectivity index (χ4n) is 3.00. The van der Waals surface area contributed by atoms with Crippen molar-refractivity contribution in [2.24, 2.45) is 5.41 Å². The van der Waals surface area contributed by atoms with E-state index in [1.807, 2.05) is 0 Å². The number of nitrogens with one attached hydrogen (secondary N) is 2. The molecule has 0 atom stereocenters. The highest BCUT2D eigenvalue weighted by Crippen LogP contribution is 2.29. The van der Waals surface area contributed by atoms with E-state index in [9.17, 15) is 14.7 Å². The first-order valence-corrected chi connectivity index (χ1v) is 8.39. The van der Waals surface area contributed by atoms with Crippen LogP contribution in [0.1, 0.15) is 44.4 Å². The second-order valence-corrected chi connectivity index (χ2v) is 6.27. The summed E-state index contributed by atoms with van der Waals surface area (Å²) >= 11 is 0. The summed E-state index contributed by atoms with van der Waals surface area (Å²) in [7, 11) is 0. The quantitative estimate of drug-likeness (QED) is 0.675. The largest absolute Gasteiger partial charge is 0.396 e. The van der Waals surface area contributed by atoms with Crippen molar-refractivity contribution in [3.05, 3.63) is 33.9 Å². The Balaban J connectivity index is 2.11.